The van der Waals surface area contributed by atoms with Crippen LogP contribution in [0.25, 0.3) is 0 Å². The maximum Gasteiger partial charge on any atom is 0.256 e. The summed E-state index contributed by atoms with van der Waals surface area (Å²) < 4.78 is 5.56. The van der Waals surface area contributed by atoms with Crippen molar-refractivity contribution in [3.63, 3.8) is 0 Å². The molecule has 0 spiro atoms. The first-order valence-electron chi connectivity index (χ1n) is 6.31. The van der Waals surface area contributed by atoms with Gasteiger partial charge in [0, 0.05) is 22.7 Å². The smallest absolute Gasteiger partial charge is 0.256 e. The number of anilines is 1. The minimum Gasteiger partial charge on any atom is -0.494 e. The summed E-state index contributed by atoms with van der Waals surface area (Å²) in [6.07, 6.45) is 0.920. The predicted octanol–water partition coefficient (Wildman–Crippen LogP) is 3.13. The monoisotopic (exact) mass is 337 g/mol. The first kappa shape index (κ1) is 14.6. The molecular weight excluding hydrogens is 322 g/mol. The number of hydrogen-bond acceptors (Lipinski definition) is 3. The third kappa shape index (κ3) is 4.09. The maximum atomic E-state index is 12.1. The van der Waals surface area contributed by atoms with Crippen molar-refractivity contribution in [2.75, 3.05) is 17.3 Å². The summed E-state index contributed by atoms with van der Waals surface area (Å²) in [5.74, 6) is 0.998. The van der Waals surface area contributed by atoms with E-state index in [1.165, 1.54) is 0 Å². The molecular formula is C14H16BrN3O2. The number of carbonyl (C=O) groups is 1. The lowest BCUT2D eigenvalue weighted by molar-refractivity contribution is 0.102. The second-order valence-corrected chi connectivity index (χ2v) is 5.10. The van der Waals surface area contributed by atoms with E-state index in [4.69, 9.17) is 4.74 Å². The number of nitrogens with one attached hydrogen (secondary N) is 2. The fourth-order valence-corrected chi connectivity index (χ4v) is 1.87. The minimum atomic E-state index is -0.206. The number of hydrogen-bond donors (Lipinski definition) is 2. The average Bonchev–Trinajstić information content (AvgIpc) is 2.85. The summed E-state index contributed by atoms with van der Waals surface area (Å²) in [6, 6.07) is 8.88. The van der Waals surface area contributed by atoms with Gasteiger partial charge in [-0.05, 0) is 31.5 Å². The quantitative estimate of drug-likeness (QED) is 0.628. The fraction of sp³-hybridized carbons (Fsp3) is 0.286. The lowest BCUT2D eigenvalue weighted by atomic mass is 10.2. The molecule has 1 aromatic heterocycles. The number of ether oxygens (including phenoxy) is 1. The predicted molar refractivity (Wildman–Crippen MR) is 81.6 cm³/mol. The molecule has 0 saturated heterocycles. The van der Waals surface area contributed by atoms with Crippen LogP contribution in [0.2, 0.25) is 0 Å². The van der Waals surface area contributed by atoms with Gasteiger partial charge in [-0.3, -0.25) is 9.89 Å². The Morgan fingerprint density at radius 1 is 1.45 bits per heavy atom. The summed E-state index contributed by atoms with van der Waals surface area (Å²) in [4.78, 5) is 12.1. The van der Waals surface area contributed by atoms with Crippen LogP contribution in [0.1, 0.15) is 22.5 Å². The number of amides is 1. The van der Waals surface area contributed by atoms with Gasteiger partial charge in [-0.25, -0.2) is 0 Å². The number of halogens is 1. The number of nitrogens with zero attached hydrogens (tertiary/aromatic N) is 1. The summed E-state index contributed by atoms with van der Waals surface area (Å²) in [5.41, 5.74) is 1.44. The van der Waals surface area contributed by atoms with E-state index >= 15 is 0 Å². The van der Waals surface area contributed by atoms with Gasteiger partial charge in [0.25, 0.3) is 5.91 Å². The summed E-state index contributed by atoms with van der Waals surface area (Å²) >= 11 is 3.35. The highest BCUT2D eigenvalue weighted by atomic mass is 79.9. The Hall–Kier alpha value is -1.82. The minimum absolute atomic E-state index is 0.206. The van der Waals surface area contributed by atoms with Crippen molar-refractivity contribution in [3.8, 4) is 5.75 Å². The molecule has 1 amide bonds. The Morgan fingerprint density at radius 2 is 2.30 bits per heavy atom. The lowest BCUT2D eigenvalue weighted by Gasteiger charge is -2.07. The van der Waals surface area contributed by atoms with E-state index < -0.39 is 0 Å². The van der Waals surface area contributed by atoms with Gasteiger partial charge in [0.05, 0.1) is 6.61 Å². The number of benzene rings is 1. The second-order valence-electron chi connectivity index (χ2n) is 4.31. The Labute approximate surface area is 125 Å². The zero-order valence-electron chi connectivity index (χ0n) is 11.1. The SMILES string of the molecule is Cc1cc(NC(=O)c2cccc(OCCCBr)c2)n[nH]1. The van der Waals surface area contributed by atoms with E-state index in [1.54, 1.807) is 24.3 Å². The molecule has 5 nitrogen and oxygen atoms in total. The van der Waals surface area contributed by atoms with Gasteiger partial charge in [0.2, 0.25) is 0 Å². The number of aromatic amines is 1. The molecule has 1 heterocycles. The molecule has 0 atom stereocenters. The molecule has 0 radical (unpaired) electrons. The van der Waals surface area contributed by atoms with Gasteiger partial charge in [-0.2, -0.15) is 5.10 Å². The first-order valence-corrected chi connectivity index (χ1v) is 7.43. The summed E-state index contributed by atoms with van der Waals surface area (Å²) in [6.45, 7) is 2.50. The number of rotatable bonds is 6. The van der Waals surface area contributed by atoms with Crippen LogP contribution in [0, 0.1) is 6.92 Å². The third-order valence-electron chi connectivity index (χ3n) is 2.59. The first-order chi connectivity index (χ1) is 9.69. The maximum absolute atomic E-state index is 12.1. The number of alkyl halides is 1. The third-order valence-corrected chi connectivity index (χ3v) is 3.15. The van der Waals surface area contributed by atoms with E-state index in [9.17, 15) is 4.79 Å². The molecule has 6 heteroatoms. The van der Waals surface area contributed by atoms with Crippen LogP contribution in [0.5, 0.6) is 5.75 Å². The van der Waals surface area contributed by atoms with Crippen LogP contribution in [0.3, 0.4) is 0 Å². The zero-order chi connectivity index (χ0) is 14.4. The molecule has 0 aliphatic carbocycles. The highest BCUT2D eigenvalue weighted by Crippen LogP contribution is 2.15. The topological polar surface area (TPSA) is 67.0 Å². The Bertz CT molecular complexity index is 583. The fourth-order valence-electron chi connectivity index (χ4n) is 1.64. The van der Waals surface area contributed by atoms with Crippen LogP contribution in [-0.4, -0.2) is 28.0 Å². The Kier molecular flexibility index (Phi) is 5.17. The van der Waals surface area contributed by atoms with Crippen molar-refractivity contribution in [1.29, 1.82) is 0 Å². The number of H-pyrrole nitrogens is 1. The van der Waals surface area contributed by atoms with E-state index in [2.05, 4.69) is 31.4 Å². The number of aryl methyl sites for hydroxylation is 1. The van der Waals surface area contributed by atoms with Crippen LogP contribution in [-0.2, 0) is 0 Å². The summed E-state index contributed by atoms with van der Waals surface area (Å²) in [5, 5.41) is 10.4. The van der Waals surface area contributed by atoms with E-state index in [0.29, 0.717) is 23.7 Å². The van der Waals surface area contributed by atoms with Crippen LogP contribution in [0.4, 0.5) is 5.82 Å². The summed E-state index contributed by atoms with van der Waals surface area (Å²) in [7, 11) is 0. The van der Waals surface area contributed by atoms with Crippen molar-refractivity contribution >= 4 is 27.7 Å². The van der Waals surface area contributed by atoms with Gasteiger partial charge in [-0.15, -0.1) is 0 Å². The highest BCUT2D eigenvalue weighted by Gasteiger charge is 2.08. The lowest BCUT2D eigenvalue weighted by Crippen LogP contribution is -2.12. The normalized spacial score (nSPS) is 10.3. The standard InChI is InChI=1S/C14H16BrN3O2/c1-10-8-13(18-17-10)16-14(19)11-4-2-5-12(9-11)20-7-3-6-15/h2,4-5,8-9H,3,6-7H2,1H3,(H2,16,17,18,19). The van der Waals surface area contributed by atoms with Crippen molar-refractivity contribution in [3.05, 3.63) is 41.6 Å². The molecule has 0 unspecified atom stereocenters. The molecule has 2 aromatic rings. The van der Waals surface area contributed by atoms with Crippen molar-refractivity contribution in [2.45, 2.75) is 13.3 Å². The number of carbonyl (C=O) groups excluding carboxylic acids is 1. The molecule has 0 aliphatic rings. The van der Waals surface area contributed by atoms with Crippen LogP contribution >= 0.6 is 15.9 Å². The molecule has 0 bridgehead atoms. The van der Waals surface area contributed by atoms with Crippen molar-refractivity contribution in [1.82, 2.24) is 10.2 Å². The highest BCUT2D eigenvalue weighted by molar-refractivity contribution is 9.09. The van der Waals surface area contributed by atoms with Crippen molar-refractivity contribution < 1.29 is 9.53 Å². The van der Waals surface area contributed by atoms with Crippen LogP contribution in [0.15, 0.2) is 30.3 Å². The van der Waals surface area contributed by atoms with Crippen LogP contribution < -0.4 is 10.1 Å². The second kappa shape index (κ2) is 7.09. The largest absolute Gasteiger partial charge is 0.494 e. The van der Waals surface area contributed by atoms with E-state index in [0.717, 1.165) is 17.4 Å². The van der Waals surface area contributed by atoms with Gasteiger partial charge >= 0.3 is 0 Å². The Morgan fingerprint density at radius 3 is 3.00 bits per heavy atom. The molecule has 2 rings (SSSR count). The van der Waals surface area contributed by atoms with Gasteiger partial charge in [-0.1, -0.05) is 22.0 Å². The molecule has 0 saturated carbocycles. The molecule has 20 heavy (non-hydrogen) atoms. The van der Waals surface area contributed by atoms with E-state index in [-0.39, 0.29) is 5.91 Å². The molecule has 0 aliphatic heterocycles. The Balaban J connectivity index is 2.00. The van der Waals surface area contributed by atoms with Crippen molar-refractivity contribution in [2.24, 2.45) is 0 Å². The molecule has 0 fully saturated rings. The number of aromatic nitrogens is 2. The average molecular weight is 338 g/mol. The van der Waals surface area contributed by atoms with Gasteiger partial charge in [0.1, 0.15) is 5.75 Å². The molecule has 2 N–H and O–H groups in total. The molecule has 106 valence electrons. The van der Waals surface area contributed by atoms with E-state index in [1.807, 2.05) is 13.0 Å². The zero-order valence-corrected chi connectivity index (χ0v) is 12.7. The molecule has 1 aromatic carbocycles. The van der Waals surface area contributed by atoms with Gasteiger partial charge < -0.3 is 10.1 Å². The van der Waals surface area contributed by atoms with Gasteiger partial charge in [0.15, 0.2) is 5.82 Å².